The largest absolute Gasteiger partial charge is 0.342 e. The standard InChI is InChI=1S/C16H26N2O2/c1-3-11-6-4-5-7-13(11)18-10(2)15(19)17-14(16(18)20)12-8-9-12/h10-14H,3-9H2,1-2H3,(H,17,19). The van der Waals surface area contributed by atoms with Crippen molar-refractivity contribution in [3.8, 4) is 0 Å². The Hall–Kier alpha value is -1.06. The quantitative estimate of drug-likeness (QED) is 0.859. The molecule has 0 aromatic carbocycles. The van der Waals surface area contributed by atoms with E-state index in [1.165, 1.54) is 19.3 Å². The second kappa shape index (κ2) is 5.38. The van der Waals surface area contributed by atoms with Gasteiger partial charge in [0, 0.05) is 6.04 Å². The summed E-state index contributed by atoms with van der Waals surface area (Å²) in [6.45, 7) is 4.10. The maximum absolute atomic E-state index is 12.8. The Morgan fingerprint density at radius 1 is 1.15 bits per heavy atom. The van der Waals surface area contributed by atoms with Crippen LogP contribution >= 0.6 is 0 Å². The van der Waals surface area contributed by atoms with E-state index in [2.05, 4.69) is 12.2 Å². The average molecular weight is 278 g/mol. The number of nitrogens with zero attached hydrogens (tertiary/aromatic N) is 1. The summed E-state index contributed by atoms with van der Waals surface area (Å²) in [7, 11) is 0. The normalized spacial score (nSPS) is 38.8. The van der Waals surface area contributed by atoms with Crippen molar-refractivity contribution in [3.63, 3.8) is 0 Å². The predicted octanol–water partition coefficient (Wildman–Crippen LogP) is 2.08. The lowest BCUT2D eigenvalue weighted by molar-refractivity contribution is -0.154. The third-order valence-electron chi connectivity index (χ3n) is 5.46. The first-order valence-corrected chi connectivity index (χ1v) is 8.26. The smallest absolute Gasteiger partial charge is 0.246 e. The number of carbonyl (C=O) groups is 2. The van der Waals surface area contributed by atoms with Gasteiger partial charge in [-0.1, -0.05) is 26.2 Å². The zero-order valence-corrected chi connectivity index (χ0v) is 12.6. The molecule has 0 bridgehead atoms. The Kier molecular flexibility index (Phi) is 3.74. The molecule has 0 radical (unpaired) electrons. The summed E-state index contributed by atoms with van der Waals surface area (Å²) in [6.07, 6.45) is 8.00. The van der Waals surface area contributed by atoms with Crippen molar-refractivity contribution < 1.29 is 9.59 Å². The Balaban J connectivity index is 1.83. The summed E-state index contributed by atoms with van der Waals surface area (Å²) in [5.41, 5.74) is 0. The molecule has 3 fully saturated rings. The Morgan fingerprint density at radius 3 is 2.50 bits per heavy atom. The highest BCUT2D eigenvalue weighted by Gasteiger charge is 2.48. The molecule has 112 valence electrons. The van der Waals surface area contributed by atoms with Crippen LogP contribution in [0.1, 0.15) is 58.8 Å². The highest BCUT2D eigenvalue weighted by Crippen LogP contribution is 2.38. The number of amides is 2. The number of hydrogen-bond donors (Lipinski definition) is 1. The van der Waals surface area contributed by atoms with Gasteiger partial charge in [0.1, 0.15) is 12.1 Å². The van der Waals surface area contributed by atoms with Gasteiger partial charge in [-0.15, -0.1) is 0 Å². The molecule has 4 atom stereocenters. The van der Waals surface area contributed by atoms with E-state index in [-0.39, 0.29) is 29.9 Å². The highest BCUT2D eigenvalue weighted by molar-refractivity contribution is 5.97. The van der Waals surface area contributed by atoms with Crippen LogP contribution in [0.3, 0.4) is 0 Å². The van der Waals surface area contributed by atoms with Gasteiger partial charge in [-0.05, 0) is 44.4 Å². The van der Waals surface area contributed by atoms with Crippen LogP contribution < -0.4 is 5.32 Å². The lowest BCUT2D eigenvalue weighted by Crippen LogP contribution is -2.66. The maximum atomic E-state index is 12.8. The van der Waals surface area contributed by atoms with Gasteiger partial charge in [0.15, 0.2) is 0 Å². The fourth-order valence-electron chi connectivity index (χ4n) is 4.04. The summed E-state index contributed by atoms with van der Waals surface area (Å²) in [6, 6.07) is -0.253. The number of piperazine rings is 1. The third kappa shape index (κ3) is 2.33. The average Bonchev–Trinajstić information content (AvgIpc) is 3.28. The molecule has 3 rings (SSSR count). The first-order valence-electron chi connectivity index (χ1n) is 8.26. The van der Waals surface area contributed by atoms with Gasteiger partial charge in [0.05, 0.1) is 0 Å². The van der Waals surface area contributed by atoms with Crippen molar-refractivity contribution in [3.05, 3.63) is 0 Å². The van der Waals surface area contributed by atoms with Gasteiger partial charge in [-0.2, -0.15) is 0 Å². The van der Waals surface area contributed by atoms with Crippen LogP contribution in [0.4, 0.5) is 0 Å². The molecule has 1 saturated heterocycles. The molecular weight excluding hydrogens is 252 g/mol. The molecule has 4 nitrogen and oxygen atoms in total. The molecule has 1 aliphatic heterocycles. The van der Waals surface area contributed by atoms with E-state index in [4.69, 9.17) is 0 Å². The van der Waals surface area contributed by atoms with Crippen molar-refractivity contribution in [2.75, 3.05) is 0 Å². The molecule has 20 heavy (non-hydrogen) atoms. The Bertz CT molecular complexity index is 405. The molecular formula is C16H26N2O2. The molecule has 0 aromatic heterocycles. The summed E-state index contributed by atoms with van der Waals surface area (Å²) in [5, 5.41) is 2.95. The molecule has 1 N–H and O–H groups in total. The molecule has 0 aromatic rings. The Labute approximate surface area is 121 Å². The molecule has 2 aliphatic carbocycles. The van der Waals surface area contributed by atoms with Crippen LogP contribution in [0.15, 0.2) is 0 Å². The lowest BCUT2D eigenvalue weighted by atomic mass is 9.80. The SMILES string of the molecule is CCC1CCCCC1N1C(=O)C(C2CC2)NC(=O)C1C. The van der Waals surface area contributed by atoms with Crippen LogP contribution in [0, 0.1) is 11.8 Å². The predicted molar refractivity (Wildman–Crippen MR) is 77.0 cm³/mol. The minimum atomic E-state index is -0.297. The highest BCUT2D eigenvalue weighted by atomic mass is 16.2. The van der Waals surface area contributed by atoms with Gasteiger partial charge in [0.2, 0.25) is 11.8 Å². The lowest BCUT2D eigenvalue weighted by Gasteiger charge is -2.46. The Morgan fingerprint density at radius 2 is 1.85 bits per heavy atom. The summed E-state index contributed by atoms with van der Waals surface area (Å²) in [4.78, 5) is 27.0. The van der Waals surface area contributed by atoms with Gasteiger partial charge < -0.3 is 10.2 Å². The molecule has 0 spiro atoms. The van der Waals surface area contributed by atoms with E-state index in [9.17, 15) is 9.59 Å². The monoisotopic (exact) mass is 278 g/mol. The number of carbonyl (C=O) groups excluding carboxylic acids is 2. The van der Waals surface area contributed by atoms with Gasteiger partial charge in [-0.25, -0.2) is 0 Å². The fourth-order valence-corrected chi connectivity index (χ4v) is 4.04. The summed E-state index contributed by atoms with van der Waals surface area (Å²) in [5.74, 6) is 1.19. The van der Waals surface area contributed by atoms with Crippen molar-refractivity contribution in [1.82, 2.24) is 10.2 Å². The fraction of sp³-hybridized carbons (Fsp3) is 0.875. The van der Waals surface area contributed by atoms with Crippen LogP contribution in [-0.2, 0) is 9.59 Å². The third-order valence-corrected chi connectivity index (χ3v) is 5.46. The molecule has 3 aliphatic rings. The first-order chi connectivity index (χ1) is 9.63. The van der Waals surface area contributed by atoms with Crippen LogP contribution in [0.25, 0.3) is 0 Å². The molecule has 1 heterocycles. The minimum Gasteiger partial charge on any atom is -0.342 e. The van der Waals surface area contributed by atoms with Gasteiger partial charge >= 0.3 is 0 Å². The molecule has 2 amide bonds. The van der Waals surface area contributed by atoms with E-state index in [1.807, 2.05) is 11.8 Å². The van der Waals surface area contributed by atoms with E-state index in [1.54, 1.807) is 0 Å². The second-order valence-electron chi connectivity index (χ2n) is 6.77. The summed E-state index contributed by atoms with van der Waals surface area (Å²) < 4.78 is 0. The van der Waals surface area contributed by atoms with Gasteiger partial charge in [0.25, 0.3) is 0 Å². The second-order valence-corrected chi connectivity index (χ2v) is 6.77. The molecule has 4 heteroatoms. The van der Waals surface area contributed by atoms with Crippen molar-refractivity contribution >= 4 is 11.8 Å². The zero-order valence-electron chi connectivity index (χ0n) is 12.6. The van der Waals surface area contributed by atoms with Crippen molar-refractivity contribution in [2.45, 2.75) is 76.9 Å². The molecule has 2 saturated carbocycles. The van der Waals surface area contributed by atoms with Crippen LogP contribution in [0.2, 0.25) is 0 Å². The van der Waals surface area contributed by atoms with E-state index < -0.39 is 0 Å². The first kappa shape index (κ1) is 13.9. The van der Waals surface area contributed by atoms with Crippen molar-refractivity contribution in [1.29, 1.82) is 0 Å². The zero-order chi connectivity index (χ0) is 14.3. The van der Waals surface area contributed by atoms with E-state index in [0.29, 0.717) is 11.8 Å². The molecule has 4 unspecified atom stereocenters. The number of rotatable bonds is 3. The number of nitrogens with one attached hydrogen (secondary N) is 1. The number of hydrogen-bond acceptors (Lipinski definition) is 2. The topological polar surface area (TPSA) is 49.4 Å². The van der Waals surface area contributed by atoms with Crippen LogP contribution in [-0.4, -0.2) is 34.8 Å². The van der Waals surface area contributed by atoms with E-state index in [0.717, 1.165) is 25.7 Å². The summed E-state index contributed by atoms with van der Waals surface area (Å²) >= 11 is 0. The maximum Gasteiger partial charge on any atom is 0.246 e. The van der Waals surface area contributed by atoms with Crippen LogP contribution in [0.5, 0.6) is 0 Å². The van der Waals surface area contributed by atoms with E-state index >= 15 is 0 Å². The van der Waals surface area contributed by atoms with Crippen molar-refractivity contribution in [2.24, 2.45) is 11.8 Å². The van der Waals surface area contributed by atoms with Gasteiger partial charge in [-0.3, -0.25) is 9.59 Å². The minimum absolute atomic E-state index is 0.0435.